The van der Waals surface area contributed by atoms with Crippen molar-refractivity contribution < 1.29 is 19.4 Å². The molecule has 0 aliphatic carbocycles. The molecule has 0 saturated heterocycles. The van der Waals surface area contributed by atoms with Gasteiger partial charge in [0.25, 0.3) is 11.1 Å². The van der Waals surface area contributed by atoms with Crippen LogP contribution in [0.15, 0.2) is 54.6 Å². The Hall–Kier alpha value is -2.93. The number of aliphatic carboxylic acids is 1. The summed E-state index contributed by atoms with van der Waals surface area (Å²) in [5.41, 5.74) is 1.55. The molecule has 0 bridgehead atoms. The lowest BCUT2D eigenvalue weighted by molar-refractivity contribution is -0.137. The van der Waals surface area contributed by atoms with Crippen LogP contribution in [0.3, 0.4) is 0 Å². The molecule has 1 amide bonds. The Bertz CT molecular complexity index is 862. The molecule has 0 unspecified atom stereocenters. The fraction of sp³-hybridized carbons (Fsp3) is 0.211. The van der Waals surface area contributed by atoms with Gasteiger partial charge in [-0.05, 0) is 30.7 Å². The number of thiazole rings is 1. The first-order valence-corrected chi connectivity index (χ1v) is 9.01. The minimum Gasteiger partial charge on any atom is -0.481 e. The third-order valence-electron chi connectivity index (χ3n) is 3.73. The normalized spacial score (nSPS) is 10.6. The van der Waals surface area contributed by atoms with Crippen molar-refractivity contribution in [3.63, 3.8) is 0 Å². The van der Waals surface area contributed by atoms with Crippen molar-refractivity contribution in [2.75, 3.05) is 18.1 Å². The molecule has 0 spiro atoms. The predicted molar refractivity (Wildman–Crippen MR) is 101 cm³/mol. The van der Waals surface area contributed by atoms with E-state index in [2.05, 4.69) is 4.98 Å². The number of carbonyl (C=O) groups is 2. The van der Waals surface area contributed by atoms with E-state index in [0.29, 0.717) is 18.2 Å². The van der Waals surface area contributed by atoms with Gasteiger partial charge in [-0.3, -0.25) is 9.59 Å². The van der Waals surface area contributed by atoms with E-state index in [0.717, 1.165) is 15.9 Å². The van der Waals surface area contributed by atoms with Gasteiger partial charge in [-0.1, -0.05) is 41.7 Å². The first kappa shape index (κ1) is 17.9. The first-order chi connectivity index (χ1) is 12.6. The minimum absolute atomic E-state index is 0.00927. The van der Waals surface area contributed by atoms with Crippen molar-refractivity contribution in [2.45, 2.75) is 12.8 Å². The van der Waals surface area contributed by atoms with E-state index in [1.807, 2.05) is 54.6 Å². The van der Waals surface area contributed by atoms with Crippen LogP contribution in [0.25, 0.3) is 10.2 Å². The van der Waals surface area contributed by atoms with E-state index in [9.17, 15) is 9.59 Å². The molecule has 0 aliphatic heterocycles. The lowest BCUT2D eigenvalue weighted by Gasteiger charge is -2.22. The molecule has 1 aromatic heterocycles. The summed E-state index contributed by atoms with van der Waals surface area (Å²) in [7, 11) is 0. The van der Waals surface area contributed by atoms with E-state index >= 15 is 0 Å². The third-order valence-corrected chi connectivity index (χ3v) is 4.68. The first-order valence-electron chi connectivity index (χ1n) is 8.19. The fourth-order valence-electron chi connectivity index (χ4n) is 2.51. The molecule has 0 saturated carbocycles. The SMILES string of the molecule is O=C(O)CCCN(C(=O)COc1nc2ccccc2s1)c1ccccc1. The third kappa shape index (κ3) is 4.58. The van der Waals surface area contributed by atoms with Gasteiger partial charge in [0, 0.05) is 18.7 Å². The zero-order valence-corrected chi connectivity index (χ0v) is 14.8. The summed E-state index contributed by atoms with van der Waals surface area (Å²) in [6.45, 7) is 0.167. The molecule has 7 heteroatoms. The average Bonchev–Trinajstić information content (AvgIpc) is 3.07. The van der Waals surface area contributed by atoms with E-state index in [4.69, 9.17) is 9.84 Å². The largest absolute Gasteiger partial charge is 0.481 e. The van der Waals surface area contributed by atoms with Crippen molar-refractivity contribution in [3.05, 3.63) is 54.6 Å². The summed E-state index contributed by atoms with van der Waals surface area (Å²) in [6, 6.07) is 16.8. The Labute approximate surface area is 154 Å². The number of fused-ring (bicyclic) bond motifs is 1. The molecule has 0 radical (unpaired) electrons. The summed E-state index contributed by atoms with van der Waals surface area (Å²) in [6.07, 6.45) is 0.381. The molecular weight excluding hydrogens is 352 g/mol. The molecule has 6 nitrogen and oxygen atoms in total. The Morgan fingerprint density at radius 2 is 1.81 bits per heavy atom. The van der Waals surface area contributed by atoms with Gasteiger partial charge in [0.05, 0.1) is 10.2 Å². The molecule has 1 N–H and O–H groups in total. The number of aromatic nitrogens is 1. The van der Waals surface area contributed by atoms with Crippen LogP contribution < -0.4 is 9.64 Å². The van der Waals surface area contributed by atoms with Gasteiger partial charge in [0.15, 0.2) is 6.61 Å². The highest BCUT2D eigenvalue weighted by Gasteiger charge is 2.17. The topological polar surface area (TPSA) is 79.7 Å². The van der Waals surface area contributed by atoms with Crippen LogP contribution in [0, 0.1) is 0 Å². The van der Waals surface area contributed by atoms with Crippen LogP contribution in [-0.4, -0.2) is 35.1 Å². The Morgan fingerprint density at radius 1 is 1.08 bits per heavy atom. The second-order valence-corrected chi connectivity index (χ2v) is 6.61. The number of carbonyl (C=O) groups excluding carboxylic acids is 1. The molecule has 26 heavy (non-hydrogen) atoms. The number of nitrogens with zero attached hydrogens (tertiary/aromatic N) is 2. The van der Waals surface area contributed by atoms with Crippen molar-refractivity contribution in [3.8, 4) is 5.19 Å². The number of para-hydroxylation sites is 2. The average molecular weight is 370 g/mol. The monoisotopic (exact) mass is 370 g/mol. The standard InChI is InChI=1S/C19H18N2O4S/c22-17(13-25-19-20-15-9-4-5-10-16(15)26-19)21(12-6-11-18(23)24)14-7-2-1-3-8-14/h1-5,7-10H,6,11-13H2,(H,23,24). The number of anilines is 1. The van der Waals surface area contributed by atoms with E-state index < -0.39 is 5.97 Å². The highest BCUT2D eigenvalue weighted by atomic mass is 32.1. The van der Waals surface area contributed by atoms with Crippen molar-refractivity contribution in [1.29, 1.82) is 0 Å². The number of carboxylic acid groups (broad SMARTS) is 1. The lowest BCUT2D eigenvalue weighted by Crippen LogP contribution is -2.36. The number of benzene rings is 2. The van der Waals surface area contributed by atoms with Crippen molar-refractivity contribution >= 4 is 39.1 Å². The summed E-state index contributed by atoms with van der Waals surface area (Å²) in [4.78, 5) is 29.3. The Balaban J connectivity index is 1.67. The summed E-state index contributed by atoms with van der Waals surface area (Å²) in [5, 5.41) is 9.26. The smallest absolute Gasteiger partial charge is 0.303 e. The summed E-state index contributed by atoms with van der Waals surface area (Å²) >= 11 is 1.39. The predicted octanol–water partition coefficient (Wildman–Crippen LogP) is 3.57. The zero-order chi connectivity index (χ0) is 18.4. The quantitative estimate of drug-likeness (QED) is 0.656. The molecule has 0 aliphatic rings. The Kier molecular flexibility index (Phi) is 5.80. The fourth-order valence-corrected chi connectivity index (χ4v) is 3.32. The van der Waals surface area contributed by atoms with Gasteiger partial charge in [0.2, 0.25) is 0 Å². The van der Waals surface area contributed by atoms with E-state index in [1.54, 1.807) is 4.90 Å². The van der Waals surface area contributed by atoms with Crippen LogP contribution >= 0.6 is 11.3 Å². The molecule has 2 aromatic carbocycles. The second kappa shape index (κ2) is 8.44. The number of hydrogen-bond donors (Lipinski definition) is 1. The van der Waals surface area contributed by atoms with Crippen LogP contribution in [0.4, 0.5) is 5.69 Å². The van der Waals surface area contributed by atoms with Crippen LogP contribution in [0.1, 0.15) is 12.8 Å². The highest BCUT2D eigenvalue weighted by molar-refractivity contribution is 7.20. The maximum absolute atomic E-state index is 12.6. The molecule has 3 rings (SSSR count). The number of amides is 1. The number of carboxylic acids is 1. The molecule has 0 fully saturated rings. The van der Waals surface area contributed by atoms with E-state index in [1.165, 1.54) is 11.3 Å². The Morgan fingerprint density at radius 3 is 2.54 bits per heavy atom. The number of hydrogen-bond acceptors (Lipinski definition) is 5. The van der Waals surface area contributed by atoms with Gasteiger partial charge in [-0.2, -0.15) is 0 Å². The molecule has 134 valence electrons. The zero-order valence-electron chi connectivity index (χ0n) is 14.0. The van der Waals surface area contributed by atoms with Crippen LogP contribution in [-0.2, 0) is 9.59 Å². The second-order valence-electron chi connectivity index (χ2n) is 5.61. The summed E-state index contributed by atoms with van der Waals surface area (Å²) in [5.74, 6) is -1.11. The number of ether oxygens (including phenoxy) is 1. The lowest BCUT2D eigenvalue weighted by atomic mass is 10.2. The van der Waals surface area contributed by atoms with Gasteiger partial charge in [-0.15, -0.1) is 0 Å². The maximum Gasteiger partial charge on any atom is 0.303 e. The maximum atomic E-state index is 12.6. The van der Waals surface area contributed by atoms with Gasteiger partial charge in [0.1, 0.15) is 0 Å². The summed E-state index contributed by atoms with van der Waals surface area (Å²) < 4.78 is 6.58. The van der Waals surface area contributed by atoms with Crippen LogP contribution in [0.5, 0.6) is 5.19 Å². The van der Waals surface area contributed by atoms with Crippen molar-refractivity contribution in [1.82, 2.24) is 4.98 Å². The highest BCUT2D eigenvalue weighted by Crippen LogP contribution is 2.27. The van der Waals surface area contributed by atoms with Crippen molar-refractivity contribution in [2.24, 2.45) is 0 Å². The number of rotatable bonds is 8. The van der Waals surface area contributed by atoms with E-state index in [-0.39, 0.29) is 18.9 Å². The molecule has 3 aromatic rings. The van der Waals surface area contributed by atoms with Gasteiger partial charge in [-0.25, -0.2) is 4.98 Å². The molecule has 0 atom stereocenters. The van der Waals surface area contributed by atoms with Crippen LogP contribution in [0.2, 0.25) is 0 Å². The molecule has 1 heterocycles. The minimum atomic E-state index is -0.879. The van der Waals surface area contributed by atoms with Gasteiger partial charge < -0.3 is 14.7 Å². The van der Waals surface area contributed by atoms with Gasteiger partial charge >= 0.3 is 5.97 Å². The molecular formula is C19H18N2O4S.